The van der Waals surface area contributed by atoms with Crippen LogP contribution in [0.2, 0.25) is 5.02 Å². The second kappa shape index (κ2) is 10.6. The molecule has 36 heavy (non-hydrogen) atoms. The van der Waals surface area contributed by atoms with Gasteiger partial charge in [0.1, 0.15) is 18.1 Å². The molecule has 0 fully saturated rings. The Bertz CT molecular complexity index is 1440. The van der Waals surface area contributed by atoms with Gasteiger partial charge in [-0.1, -0.05) is 41.4 Å². The topological polar surface area (TPSA) is 76.4 Å². The average Bonchev–Trinajstić information content (AvgIpc) is 3.19. The molecule has 2 N–H and O–H groups in total. The molecule has 188 valence electrons. The van der Waals surface area contributed by atoms with E-state index in [9.17, 15) is 4.79 Å². The fourth-order valence-electron chi connectivity index (χ4n) is 5.01. The van der Waals surface area contributed by atoms with E-state index in [0.717, 1.165) is 27.7 Å². The van der Waals surface area contributed by atoms with Gasteiger partial charge in [0.25, 0.3) is 0 Å². The van der Waals surface area contributed by atoms with Crippen molar-refractivity contribution in [2.24, 2.45) is 0 Å². The Labute approximate surface area is 221 Å². The monoisotopic (exact) mass is 525 g/mol. The van der Waals surface area contributed by atoms with Crippen molar-refractivity contribution >= 4 is 40.7 Å². The Hall–Kier alpha value is -2.90. The Kier molecular flexibility index (Phi) is 7.71. The summed E-state index contributed by atoms with van der Waals surface area (Å²) in [5.41, 5.74) is 8.01. The number of fused-ring (bicyclic) bond motifs is 2. The van der Waals surface area contributed by atoms with E-state index < -0.39 is 0 Å². The summed E-state index contributed by atoms with van der Waals surface area (Å²) in [5.74, 6) is 0.388. The Morgan fingerprint density at radius 1 is 1.06 bits per heavy atom. The number of benzene rings is 3. The molecule has 1 aromatic heterocycles. The van der Waals surface area contributed by atoms with E-state index in [1.54, 1.807) is 6.07 Å². The van der Waals surface area contributed by atoms with Crippen LogP contribution in [0.15, 0.2) is 42.5 Å². The van der Waals surface area contributed by atoms with Crippen molar-refractivity contribution in [3.63, 3.8) is 0 Å². The van der Waals surface area contributed by atoms with Gasteiger partial charge in [-0.2, -0.15) is 5.10 Å². The SMILES string of the molecule is Cc1cc(C)c(COc2cccc3c2C(=O)c2c(Cl)ccc4c2c-3nn4CCNCCO)c(C)c1.Cl. The highest BCUT2D eigenvalue weighted by Gasteiger charge is 2.33. The molecular formula is C28H29Cl2N3O3. The Morgan fingerprint density at radius 3 is 2.53 bits per heavy atom. The van der Waals surface area contributed by atoms with Crippen LogP contribution in [0.25, 0.3) is 22.2 Å². The summed E-state index contributed by atoms with van der Waals surface area (Å²) in [6.45, 7) is 8.47. The second-order valence-electron chi connectivity index (χ2n) is 9.04. The van der Waals surface area contributed by atoms with Gasteiger partial charge in [-0.15, -0.1) is 12.4 Å². The van der Waals surface area contributed by atoms with Gasteiger partial charge in [0.05, 0.1) is 34.8 Å². The van der Waals surface area contributed by atoms with Gasteiger partial charge in [-0.25, -0.2) is 0 Å². The van der Waals surface area contributed by atoms with Crippen LogP contribution in [0.5, 0.6) is 5.75 Å². The first kappa shape index (κ1) is 26.2. The molecule has 0 saturated heterocycles. The molecule has 0 radical (unpaired) electrons. The first-order chi connectivity index (χ1) is 16.9. The van der Waals surface area contributed by atoms with Gasteiger partial charge < -0.3 is 15.2 Å². The lowest BCUT2D eigenvalue weighted by Crippen LogP contribution is -2.23. The summed E-state index contributed by atoms with van der Waals surface area (Å²) < 4.78 is 8.17. The Balaban J connectivity index is 0.00000304. The van der Waals surface area contributed by atoms with Crippen molar-refractivity contribution in [1.29, 1.82) is 0 Å². The third kappa shape index (κ3) is 4.50. The van der Waals surface area contributed by atoms with E-state index in [4.69, 9.17) is 26.5 Å². The van der Waals surface area contributed by atoms with E-state index in [1.807, 2.05) is 28.9 Å². The van der Waals surface area contributed by atoms with Gasteiger partial charge in [0.2, 0.25) is 0 Å². The predicted molar refractivity (Wildman–Crippen MR) is 146 cm³/mol. The molecule has 1 aliphatic carbocycles. The highest BCUT2D eigenvalue weighted by atomic mass is 35.5. The lowest BCUT2D eigenvalue weighted by Gasteiger charge is -2.20. The first-order valence-electron chi connectivity index (χ1n) is 11.8. The molecule has 0 bridgehead atoms. The quantitative estimate of drug-likeness (QED) is 0.265. The van der Waals surface area contributed by atoms with E-state index in [-0.39, 0.29) is 24.8 Å². The fourth-order valence-corrected chi connectivity index (χ4v) is 5.25. The zero-order valence-electron chi connectivity index (χ0n) is 20.5. The summed E-state index contributed by atoms with van der Waals surface area (Å²) >= 11 is 6.57. The summed E-state index contributed by atoms with van der Waals surface area (Å²) in [5, 5.41) is 18.3. The Morgan fingerprint density at radius 2 is 1.81 bits per heavy atom. The minimum Gasteiger partial charge on any atom is -0.488 e. The first-order valence-corrected chi connectivity index (χ1v) is 12.2. The van der Waals surface area contributed by atoms with Crippen molar-refractivity contribution in [3.05, 3.63) is 80.9 Å². The number of hydrogen-bond donors (Lipinski definition) is 2. The maximum Gasteiger partial charge on any atom is 0.199 e. The third-order valence-electron chi connectivity index (χ3n) is 6.60. The number of rotatable bonds is 8. The van der Waals surface area contributed by atoms with E-state index >= 15 is 0 Å². The van der Waals surface area contributed by atoms with Crippen LogP contribution >= 0.6 is 24.0 Å². The zero-order valence-corrected chi connectivity index (χ0v) is 22.1. The normalized spacial score (nSPS) is 12.0. The summed E-state index contributed by atoms with van der Waals surface area (Å²) in [6, 6.07) is 13.6. The van der Waals surface area contributed by atoms with Crippen molar-refractivity contribution in [2.45, 2.75) is 33.9 Å². The molecule has 0 saturated carbocycles. The lowest BCUT2D eigenvalue weighted by atomic mass is 9.86. The van der Waals surface area contributed by atoms with Crippen LogP contribution < -0.4 is 10.1 Å². The van der Waals surface area contributed by atoms with Crippen LogP contribution in [0.1, 0.15) is 38.2 Å². The number of halogens is 2. The molecule has 0 spiro atoms. The van der Waals surface area contributed by atoms with Crippen LogP contribution in [0.3, 0.4) is 0 Å². The molecule has 0 amide bonds. The smallest absolute Gasteiger partial charge is 0.199 e. The van der Waals surface area contributed by atoms with Crippen molar-refractivity contribution in [1.82, 2.24) is 15.1 Å². The molecule has 0 aliphatic heterocycles. The zero-order chi connectivity index (χ0) is 24.7. The second-order valence-corrected chi connectivity index (χ2v) is 9.44. The minimum atomic E-state index is -0.144. The molecular weight excluding hydrogens is 497 g/mol. The van der Waals surface area contributed by atoms with Gasteiger partial charge in [-0.3, -0.25) is 9.48 Å². The van der Waals surface area contributed by atoms with Gasteiger partial charge in [0.15, 0.2) is 5.78 Å². The molecule has 0 unspecified atom stereocenters. The maximum absolute atomic E-state index is 13.8. The fraction of sp³-hybridized carbons (Fsp3) is 0.286. The van der Waals surface area contributed by atoms with Gasteiger partial charge >= 0.3 is 0 Å². The number of aryl methyl sites for hydroxylation is 3. The highest BCUT2D eigenvalue weighted by molar-refractivity contribution is 6.39. The summed E-state index contributed by atoms with van der Waals surface area (Å²) in [4.78, 5) is 13.8. The van der Waals surface area contributed by atoms with Crippen LogP contribution in [-0.4, -0.2) is 40.4 Å². The molecule has 0 atom stereocenters. The molecule has 4 aromatic rings. The number of aliphatic hydroxyl groups is 1. The number of aliphatic hydroxyl groups excluding tert-OH is 1. The summed E-state index contributed by atoms with van der Waals surface area (Å²) in [7, 11) is 0. The van der Waals surface area contributed by atoms with Crippen molar-refractivity contribution < 1.29 is 14.6 Å². The molecule has 6 nitrogen and oxygen atoms in total. The molecule has 5 rings (SSSR count). The number of ether oxygens (including phenoxy) is 1. The lowest BCUT2D eigenvalue weighted by molar-refractivity contribution is 0.103. The highest BCUT2D eigenvalue weighted by Crippen LogP contribution is 2.44. The van der Waals surface area contributed by atoms with Crippen molar-refractivity contribution in [2.75, 3.05) is 19.7 Å². The number of nitrogens with zero attached hydrogens (tertiary/aromatic N) is 2. The minimum absolute atomic E-state index is 0. The number of aromatic nitrogens is 2. The van der Waals surface area contributed by atoms with Gasteiger partial charge in [0, 0.05) is 24.0 Å². The molecule has 1 aliphatic rings. The van der Waals surface area contributed by atoms with Crippen molar-refractivity contribution in [3.8, 4) is 17.0 Å². The average molecular weight is 526 g/mol. The van der Waals surface area contributed by atoms with E-state index in [0.29, 0.717) is 48.1 Å². The van der Waals surface area contributed by atoms with Crippen LogP contribution in [0, 0.1) is 20.8 Å². The summed E-state index contributed by atoms with van der Waals surface area (Å²) in [6.07, 6.45) is 0. The molecule has 3 aromatic carbocycles. The maximum atomic E-state index is 13.8. The van der Waals surface area contributed by atoms with Crippen LogP contribution in [-0.2, 0) is 13.2 Å². The largest absolute Gasteiger partial charge is 0.488 e. The standard InChI is InChI=1S/C28H28ClN3O3.ClH/c1-16-13-17(2)20(18(3)14-16)15-35-23-6-4-5-19-24(23)28(34)25-21(29)7-8-22-26(25)27(19)31-32(22)11-9-30-10-12-33;/h4-8,13-14,30,33H,9-12,15H2,1-3H3;1H. The van der Waals surface area contributed by atoms with E-state index in [1.165, 1.54) is 16.7 Å². The van der Waals surface area contributed by atoms with Crippen LogP contribution in [0.4, 0.5) is 0 Å². The number of hydrogen-bond acceptors (Lipinski definition) is 5. The number of ketones is 1. The van der Waals surface area contributed by atoms with E-state index in [2.05, 4.69) is 38.2 Å². The predicted octanol–water partition coefficient (Wildman–Crippen LogP) is 5.41. The van der Waals surface area contributed by atoms with Gasteiger partial charge in [-0.05, 0) is 55.7 Å². The third-order valence-corrected chi connectivity index (χ3v) is 6.92. The number of nitrogens with one attached hydrogen (secondary N) is 1. The molecule has 1 heterocycles. The number of carbonyl (C=O) groups excluding carboxylic acids is 1. The molecule has 8 heteroatoms. The number of carbonyl (C=O) groups is 1.